The molecule has 82 valence electrons. The fourth-order valence-corrected chi connectivity index (χ4v) is 2.39. The van der Waals surface area contributed by atoms with Crippen molar-refractivity contribution in [3.05, 3.63) is 34.6 Å². The zero-order chi connectivity index (χ0) is 10.8. The molecule has 0 nitrogen and oxygen atoms in total. The molecule has 0 N–H and O–H groups in total. The summed E-state index contributed by atoms with van der Waals surface area (Å²) in [5, 5.41) is 0.489. The van der Waals surface area contributed by atoms with Crippen molar-refractivity contribution in [2.24, 2.45) is 5.92 Å². The second-order valence-corrected chi connectivity index (χ2v) is 5.21. The molecule has 1 atom stereocenters. The second-order valence-electron chi connectivity index (χ2n) is 4.18. The van der Waals surface area contributed by atoms with Crippen LogP contribution in [0.4, 0.5) is 4.39 Å². The van der Waals surface area contributed by atoms with Gasteiger partial charge in [-0.2, -0.15) is 0 Å². The van der Waals surface area contributed by atoms with E-state index in [1.54, 1.807) is 12.1 Å². The molecule has 3 heteroatoms. The highest BCUT2D eigenvalue weighted by Crippen LogP contribution is 2.36. The highest BCUT2D eigenvalue weighted by Gasteiger charge is 2.25. The molecule has 1 saturated carbocycles. The summed E-state index contributed by atoms with van der Waals surface area (Å²) in [6.07, 6.45) is 4.05. The molecule has 1 aliphatic rings. The van der Waals surface area contributed by atoms with E-state index in [1.807, 2.05) is 0 Å². The molecule has 0 bridgehead atoms. The lowest BCUT2D eigenvalue weighted by Gasteiger charge is -2.10. The Hall–Kier alpha value is -0.270. The van der Waals surface area contributed by atoms with Crippen LogP contribution in [0.2, 0.25) is 5.02 Å². The summed E-state index contributed by atoms with van der Waals surface area (Å²) in [5.41, 5.74) is 0.555. The molecule has 15 heavy (non-hydrogen) atoms. The summed E-state index contributed by atoms with van der Waals surface area (Å²) < 4.78 is 13.4. The fourth-order valence-electron chi connectivity index (χ4n) is 1.75. The third-order valence-electron chi connectivity index (χ3n) is 2.77. The van der Waals surface area contributed by atoms with Gasteiger partial charge in [0.25, 0.3) is 0 Å². The van der Waals surface area contributed by atoms with E-state index in [4.69, 9.17) is 23.2 Å². The molecule has 1 aromatic carbocycles. The lowest BCUT2D eigenvalue weighted by atomic mass is 10.1. The maximum atomic E-state index is 13.4. The molecule has 0 radical (unpaired) electrons. The van der Waals surface area contributed by atoms with Crippen molar-refractivity contribution < 1.29 is 4.39 Å². The normalized spacial score (nSPS) is 17.8. The van der Waals surface area contributed by atoms with E-state index in [0.717, 1.165) is 12.3 Å². The zero-order valence-corrected chi connectivity index (χ0v) is 9.86. The highest BCUT2D eigenvalue weighted by atomic mass is 35.5. The van der Waals surface area contributed by atoms with Gasteiger partial charge >= 0.3 is 0 Å². The second kappa shape index (κ2) is 4.71. The molecule has 0 aromatic heterocycles. The number of rotatable bonds is 4. The summed E-state index contributed by atoms with van der Waals surface area (Å²) in [5.74, 6) is 0.516. The van der Waals surface area contributed by atoms with Gasteiger partial charge in [0.2, 0.25) is 0 Å². The van der Waals surface area contributed by atoms with Gasteiger partial charge in [0.05, 0.1) is 0 Å². The molecule has 1 unspecified atom stereocenters. The van der Waals surface area contributed by atoms with Gasteiger partial charge in [0, 0.05) is 16.0 Å². The smallest absolute Gasteiger partial charge is 0.127 e. The Kier molecular flexibility index (Phi) is 3.53. The molecule has 0 saturated heterocycles. The summed E-state index contributed by atoms with van der Waals surface area (Å²) >= 11 is 12.1. The minimum Gasteiger partial charge on any atom is -0.207 e. The van der Waals surface area contributed by atoms with Gasteiger partial charge in [0.15, 0.2) is 0 Å². The number of benzene rings is 1. The van der Waals surface area contributed by atoms with Crippen molar-refractivity contribution in [1.82, 2.24) is 0 Å². The van der Waals surface area contributed by atoms with Crippen molar-refractivity contribution in [3.63, 3.8) is 0 Å². The SMILES string of the molecule is Fc1cccc(Cl)c1CC(Cl)CC1CC1. The summed E-state index contributed by atoms with van der Waals surface area (Å²) in [6, 6.07) is 4.76. The van der Waals surface area contributed by atoms with Crippen molar-refractivity contribution >= 4 is 23.2 Å². The van der Waals surface area contributed by atoms with Crippen LogP contribution in [0.25, 0.3) is 0 Å². The first-order valence-corrected chi connectivity index (χ1v) is 6.05. The van der Waals surface area contributed by atoms with E-state index >= 15 is 0 Å². The first-order valence-electron chi connectivity index (χ1n) is 5.23. The Labute approximate surface area is 99.4 Å². The first-order chi connectivity index (χ1) is 7.16. The molecule has 1 aromatic rings. The quantitative estimate of drug-likeness (QED) is 0.690. The molecule has 0 aliphatic heterocycles. The number of hydrogen-bond acceptors (Lipinski definition) is 0. The topological polar surface area (TPSA) is 0 Å². The monoisotopic (exact) mass is 246 g/mol. The van der Waals surface area contributed by atoms with Crippen LogP contribution in [0.3, 0.4) is 0 Å². The molecular weight excluding hydrogens is 234 g/mol. The maximum absolute atomic E-state index is 13.4. The fraction of sp³-hybridized carbons (Fsp3) is 0.500. The van der Waals surface area contributed by atoms with Crippen LogP contribution in [0.15, 0.2) is 18.2 Å². The van der Waals surface area contributed by atoms with Crippen LogP contribution in [-0.2, 0) is 6.42 Å². The Bertz CT molecular complexity index is 327. The van der Waals surface area contributed by atoms with Crippen LogP contribution < -0.4 is 0 Å². The van der Waals surface area contributed by atoms with E-state index in [9.17, 15) is 4.39 Å². The molecule has 0 heterocycles. The van der Waals surface area contributed by atoms with E-state index in [1.165, 1.54) is 18.9 Å². The van der Waals surface area contributed by atoms with E-state index in [0.29, 0.717) is 17.0 Å². The average Bonchev–Trinajstić information content (AvgIpc) is 2.95. The van der Waals surface area contributed by atoms with Crippen molar-refractivity contribution in [1.29, 1.82) is 0 Å². The number of hydrogen-bond donors (Lipinski definition) is 0. The molecule has 2 rings (SSSR count). The maximum Gasteiger partial charge on any atom is 0.127 e. The van der Waals surface area contributed by atoms with Crippen LogP contribution in [0.5, 0.6) is 0 Å². The minimum absolute atomic E-state index is 0.00639. The van der Waals surface area contributed by atoms with Crippen LogP contribution in [-0.4, -0.2) is 5.38 Å². The molecular formula is C12H13Cl2F. The first kappa shape index (κ1) is 11.2. The predicted octanol–water partition coefficient (Wildman–Crippen LogP) is 4.43. The van der Waals surface area contributed by atoms with Gasteiger partial charge in [-0.3, -0.25) is 0 Å². The average molecular weight is 247 g/mol. The van der Waals surface area contributed by atoms with Crippen LogP contribution in [0, 0.1) is 11.7 Å². The van der Waals surface area contributed by atoms with E-state index in [2.05, 4.69) is 0 Å². The van der Waals surface area contributed by atoms with E-state index < -0.39 is 0 Å². The predicted molar refractivity (Wildman–Crippen MR) is 62.1 cm³/mol. The third-order valence-corrected chi connectivity index (χ3v) is 3.46. The van der Waals surface area contributed by atoms with Gasteiger partial charge < -0.3 is 0 Å². The molecule has 1 fully saturated rings. The third kappa shape index (κ3) is 3.09. The van der Waals surface area contributed by atoms with Gasteiger partial charge in [-0.15, -0.1) is 11.6 Å². The number of halogens is 3. The lowest BCUT2D eigenvalue weighted by Crippen LogP contribution is -2.06. The Morgan fingerprint density at radius 2 is 2.13 bits per heavy atom. The highest BCUT2D eigenvalue weighted by molar-refractivity contribution is 6.31. The van der Waals surface area contributed by atoms with Crippen molar-refractivity contribution in [2.45, 2.75) is 31.1 Å². The van der Waals surface area contributed by atoms with Gasteiger partial charge in [0.1, 0.15) is 5.82 Å². The van der Waals surface area contributed by atoms with Crippen LogP contribution in [0.1, 0.15) is 24.8 Å². The lowest BCUT2D eigenvalue weighted by molar-refractivity contribution is 0.595. The van der Waals surface area contributed by atoms with Crippen molar-refractivity contribution in [2.75, 3.05) is 0 Å². The van der Waals surface area contributed by atoms with Gasteiger partial charge in [-0.25, -0.2) is 4.39 Å². The summed E-state index contributed by atoms with van der Waals surface area (Å²) in [6.45, 7) is 0. The Morgan fingerprint density at radius 3 is 2.73 bits per heavy atom. The van der Waals surface area contributed by atoms with Gasteiger partial charge in [-0.05, 0) is 30.9 Å². The summed E-state index contributed by atoms with van der Waals surface area (Å²) in [4.78, 5) is 0. The van der Waals surface area contributed by atoms with Gasteiger partial charge in [-0.1, -0.05) is 30.5 Å². The number of alkyl halides is 1. The van der Waals surface area contributed by atoms with Crippen LogP contribution >= 0.6 is 23.2 Å². The Morgan fingerprint density at radius 1 is 1.40 bits per heavy atom. The van der Waals surface area contributed by atoms with Crippen molar-refractivity contribution in [3.8, 4) is 0 Å². The summed E-state index contributed by atoms with van der Waals surface area (Å²) in [7, 11) is 0. The van der Waals surface area contributed by atoms with E-state index in [-0.39, 0.29) is 11.2 Å². The molecule has 0 amide bonds. The largest absolute Gasteiger partial charge is 0.207 e. The molecule has 0 spiro atoms. The minimum atomic E-state index is -0.246. The Balaban J connectivity index is 2.01. The standard InChI is InChI=1S/C12H13Cl2F/c13-9(6-8-4-5-8)7-10-11(14)2-1-3-12(10)15/h1-3,8-9H,4-7H2. The zero-order valence-electron chi connectivity index (χ0n) is 8.35. The molecule has 1 aliphatic carbocycles.